The molecule has 0 aromatic rings. The third-order valence-corrected chi connectivity index (χ3v) is 1.31. The minimum atomic E-state index is -0.538. The predicted octanol–water partition coefficient (Wildman–Crippen LogP) is 0.709. The van der Waals surface area contributed by atoms with Gasteiger partial charge < -0.3 is 9.84 Å². The normalized spacial score (nSPS) is 16.0. The van der Waals surface area contributed by atoms with Gasteiger partial charge in [0.15, 0.2) is 0 Å². The summed E-state index contributed by atoms with van der Waals surface area (Å²) >= 11 is 0. The van der Waals surface area contributed by atoms with Crippen molar-refractivity contribution in [3.05, 3.63) is 0 Å². The standard InChI is InChI=1S/C7H14O3/c1-4-7(9)5(2)10-6(3)8/h5,7,9H,4H2,1-3H3. The summed E-state index contributed by atoms with van der Waals surface area (Å²) in [6, 6.07) is 0. The van der Waals surface area contributed by atoms with E-state index in [0.717, 1.165) is 0 Å². The molecular formula is C7H14O3. The summed E-state index contributed by atoms with van der Waals surface area (Å²) in [5.74, 6) is -0.347. The fourth-order valence-electron chi connectivity index (χ4n) is 0.672. The second-order valence-corrected chi connectivity index (χ2v) is 2.29. The van der Waals surface area contributed by atoms with Gasteiger partial charge in [-0.25, -0.2) is 0 Å². The Morgan fingerprint density at radius 2 is 2.20 bits per heavy atom. The van der Waals surface area contributed by atoms with Crippen molar-refractivity contribution in [2.45, 2.75) is 39.4 Å². The molecule has 0 aliphatic rings. The molecule has 0 rings (SSSR count). The fraction of sp³-hybridized carbons (Fsp3) is 0.857. The summed E-state index contributed by atoms with van der Waals surface area (Å²) in [6.45, 7) is 4.85. The SMILES string of the molecule is CCC(O)C(C)OC(C)=O. The highest BCUT2D eigenvalue weighted by Crippen LogP contribution is 2.01. The van der Waals surface area contributed by atoms with Crippen molar-refractivity contribution < 1.29 is 14.6 Å². The van der Waals surface area contributed by atoms with Crippen LogP contribution in [0.5, 0.6) is 0 Å². The molecule has 0 radical (unpaired) electrons. The van der Waals surface area contributed by atoms with Crippen LogP contribution < -0.4 is 0 Å². The number of hydrogen-bond donors (Lipinski definition) is 1. The van der Waals surface area contributed by atoms with Gasteiger partial charge in [-0.2, -0.15) is 0 Å². The van der Waals surface area contributed by atoms with Gasteiger partial charge in [-0.05, 0) is 13.3 Å². The molecule has 0 fully saturated rings. The maximum atomic E-state index is 10.3. The number of carbonyl (C=O) groups is 1. The third-order valence-electron chi connectivity index (χ3n) is 1.31. The minimum Gasteiger partial charge on any atom is -0.460 e. The zero-order chi connectivity index (χ0) is 8.15. The van der Waals surface area contributed by atoms with E-state index in [1.807, 2.05) is 6.92 Å². The number of ether oxygens (including phenoxy) is 1. The second kappa shape index (κ2) is 4.28. The van der Waals surface area contributed by atoms with Crippen LogP contribution in [0.25, 0.3) is 0 Å². The van der Waals surface area contributed by atoms with Crippen LogP contribution in [0.15, 0.2) is 0 Å². The van der Waals surface area contributed by atoms with E-state index in [0.29, 0.717) is 6.42 Å². The van der Waals surface area contributed by atoms with Crippen LogP contribution in [0.1, 0.15) is 27.2 Å². The summed E-state index contributed by atoms with van der Waals surface area (Å²) in [7, 11) is 0. The number of rotatable bonds is 3. The number of carbonyl (C=O) groups excluding carboxylic acids is 1. The van der Waals surface area contributed by atoms with Gasteiger partial charge in [0, 0.05) is 6.92 Å². The van der Waals surface area contributed by atoms with E-state index in [1.54, 1.807) is 6.92 Å². The topological polar surface area (TPSA) is 46.5 Å². The molecule has 0 spiro atoms. The Kier molecular flexibility index (Phi) is 4.03. The maximum Gasteiger partial charge on any atom is 0.302 e. The zero-order valence-electron chi connectivity index (χ0n) is 6.63. The average molecular weight is 146 g/mol. The summed E-state index contributed by atoms with van der Waals surface area (Å²) < 4.78 is 4.71. The average Bonchev–Trinajstić information content (AvgIpc) is 1.85. The van der Waals surface area contributed by atoms with Crippen molar-refractivity contribution in [2.24, 2.45) is 0 Å². The predicted molar refractivity (Wildman–Crippen MR) is 37.5 cm³/mol. The van der Waals surface area contributed by atoms with Gasteiger partial charge in [0.2, 0.25) is 0 Å². The van der Waals surface area contributed by atoms with Gasteiger partial charge in [0.25, 0.3) is 0 Å². The lowest BCUT2D eigenvalue weighted by Crippen LogP contribution is -2.26. The van der Waals surface area contributed by atoms with E-state index in [4.69, 9.17) is 9.84 Å². The highest BCUT2D eigenvalue weighted by molar-refractivity contribution is 5.66. The Morgan fingerprint density at radius 1 is 1.70 bits per heavy atom. The molecule has 0 saturated carbocycles. The summed E-state index contributed by atoms with van der Waals surface area (Å²) in [6.07, 6.45) is -0.319. The Bertz CT molecular complexity index is 111. The summed E-state index contributed by atoms with van der Waals surface area (Å²) in [4.78, 5) is 10.3. The largest absolute Gasteiger partial charge is 0.460 e. The van der Waals surface area contributed by atoms with Crippen molar-refractivity contribution in [3.63, 3.8) is 0 Å². The Morgan fingerprint density at radius 3 is 2.50 bits per heavy atom. The van der Waals surface area contributed by atoms with Gasteiger partial charge in [0.1, 0.15) is 6.10 Å². The molecule has 3 nitrogen and oxygen atoms in total. The van der Waals surface area contributed by atoms with Crippen LogP contribution in [-0.4, -0.2) is 23.3 Å². The number of aliphatic hydroxyl groups is 1. The lowest BCUT2D eigenvalue weighted by molar-refractivity contribution is -0.150. The molecule has 0 aliphatic carbocycles. The van der Waals surface area contributed by atoms with Crippen molar-refractivity contribution in [1.82, 2.24) is 0 Å². The van der Waals surface area contributed by atoms with Crippen LogP contribution in [0, 0.1) is 0 Å². The first-order valence-electron chi connectivity index (χ1n) is 3.43. The molecule has 2 unspecified atom stereocenters. The van der Waals surface area contributed by atoms with Crippen LogP contribution >= 0.6 is 0 Å². The van der Waals surface area contributed by atoms with Gasteiger partial charge in [0.05, 0.1) is 6.10 Å². The molecule has 10 heavy (non-hydrogen) atoms. The molecule has 0 aliphatic heterocycles. The molecule has 0 aromatic heterocycles. The Labute approximate surface area is 61.0 Å². The van der Waals surface area contributed by atoms with Gasteiger partial charge in [-0.3, -0.25) is 4.79 Å². The lowest BCUT2D eigenvalue weighted by Gasteiger charge is -2.16. The molecule has 0 bridgehead atoms. The number of hydrogen-bond acceptors (Lipinski definition) is 3. The number of esters is 1. The third kappa shape index (κ3) is 3.45. The van der Waals surface area contributed by atoms with Crippen molar-refractivity contribution in [2.75, 3.05) is 0 Å². The molecule has 0 aromatic carbocycles. The van der Waals surface area contributed by atoms with Gasteiger partial charge in [-0.15, -0.1) is 0 Å². The molecule has 3 heteroatoms. The quantitative estimate of drug-likeness (QED) is 0.596. The van der Waals surface area contributed by atoms with E-state index in [2.05, 4.69) is 0 Å². The molecule has 0 amide bonds. The minimum absolute atomic E-state index is 0.347. The van der Waals surface area contributed by atoms with Crippen LogP contribution in [0.2, 0.25) is 0 Å². The maximum absolute atomic E-state index is 10.3. The van der Waals surface area contributed by atoms with Crippen molar-refractivity contribution >= 4 is 5.97 Å². The fourth-order valence-corrected chi connectivity index (χ4v) is 0.672. The van der Waals surface area contributed by atoms with Crippen LogP contribution in [0.3, 0.4) is 0 Å². The first-order valence-corrected chi connectivity index (χ1v) is 3.43. The van der Waals surface area contributed by atoms with Crippen molar-refractivity contribution in [3.8, 4) is 0 Å². The molecular weight excluding hydrogens is 132 g/mol. The van der Waals surface area contributed by atoms with Crippen LogP contribution in [-0.2, 0) is 9.53 Å². The lowest BCUT2D eigenvalue weighted by atomic mass is 10.2. The molecule has 60 valence electrons. The van der Waals surface area contributed by atoms with E-state index >= 15 is 0 Å². The second-order valence-electron chi connectivity index (χ2n) is 2.29. The van der Waals surface area contributed by atoms with E-state index in [9.17, 15) is 4.79 Å². The molecule has 0 saturated heterocycles. The molecule has 1 N–H and O–H groups in total. The Hall–Kier alpha value is -0.570. The molecule has 2 atom stereocenters. The smallest absolute Gasteiger partial charge is 0.302 e. The van der Waals surface area contributed by atoms with E-state index in [1.165, 1.54) is 6.92 Å². The highest BCUT2D eigenvalue weighted by Gasteiger charge is 2.13. The first-order chi connectivity index (χ1) is 4.57. The van der Waals surface area contributed by atoms with Crippen LogP contribution in [0.4, 0.5) is 0 Å². The van der Waals surface area contributed by atoms with E-state index in [-0.39, 0.29) is 12.1 Å². The highest BCUT2D eigenvalue weighted by atomic mass is 16.6. The molecule has 0 heterocycles. The van der Waals surface area contributed by atoms with E-state index < -0.39 is 6.10 Å². The summed E-state index contributed by atoms with van der Waals surface area (Å²) in [5, 5.41) is 9.10. The van der Waals surface area contributed by atoms with Crippen molar-refractivity contribution in [1.29, 1.82) is 0 Å². The Balaban J connectivity index is 3.61. The van der Waals surface area contributed by atoms with Gasteiger partial charge >= 0.3 is 5.97 Å². The first kappa shape index (κ1) is 9.43. The monoisotopic (exact) mass is 146 g/mol. The number of aliphatic hydroxyl groups excluding tert-OH is 1. The summed E-state index contributed by atoms with van der Waals surface area (Å²) in [5.41, 5.74) is 0. The zero-order valence-corrected chi connectivity index (χ0v) is 6.63. The van der Waals surface area contributed by atoms with Gasteiger partial charge in [-0.1, -0.05) is 6.92 Å².